The van der Waals surface area contributed by atoms with Crippen LogP contribution in [0.2, 0.25) is 0 Å². The topological polar surface area (TPSA) is 61.6 Å². The second-order valence-corrected chi connectivity index (χ2v) is 5.17. The molecule has 0 atom stereocenters. The molecule has 0 radical (unpaired) electrons. The summed E-state index contributed by atoms with van der Waals surface area (Å²) in [7, 11) is 1.62. The van der Waals surface area contributed by atoms with Crippen LogP contribution < -0.4 is 9.47 Å². The highest BCUT2D eigenvalue weighted by Crippen LogP contribution is 2.26. The molecular formula is C14H12INO4. The van der Waals surface area contributed by atoms with E-state index < -0.39 is 4.92 Å². The number of benzene rings is 2. The van der Waals surface area contributed by atoms with Crippen LogP contribution in [-0.2, 0) is 6.61 Å². The van der Waals surface area contributed by atoms with Crippen molar-refractivity contribution in [3.63, 3.8) is 0 Å². The molecule has 20 heavy (non-hydrogen) atoms. The van der Waals surface area contributed by atoms with Gasteiger partial charge in [0.2, 0.25) is 0 Å². The fraction of sp³-hybridized carbons (Fsp3) is 0.143. The van der Waals surface area contributed by atoms with E-state index in [1.54, 1.807) is 13.2 Å². The molecule has 0 aliphatic heterocycles. The lowest BCUT2D eigenvalue weighted by Gasteiger charge is -2.08. The normalized spacial score (nSPS) is 10.1. The van der Waals surface area contributed by atoms with Gasteiger partial charge in [0.15, 0.2) is 0 Å². The second-order valence-electron chi connectivity index (χ2n) is 4.01. The number of halogens is 1. The van der Waals surface area contributed by atoms with Gasteiger partial charge in [-0.05, 0) is 46.4 Å². The van der Waals surface area contributed by atoms with Gasteiger partial charge in [-0.3, -0.25) is 10.1 Å². The molecule has 5 nitrogen and oxygen atoms in total. The van der Waals surface area contributed by atoms with Crippen molar-refractivity contribution in [2.45, 2.75) is 6.61 Å². The van der Waals surface area contributed by atoms with E-state index in [-0.39, 0.29) is 5.69 Å². The van der Waals surface area contributed by atoms with Crippen molar-refractivity contribution in [2.24, 2.45) is 0 Å². The van der Waals surface area contributed by atoms with E-state index in [1.807, 2.05) is 46.9 Å². The Bertz CT molecular complexity index is 613. The lowest BCUT2D eigenvalue weighted by molar-refractivity contribution is -0.385. The molecule has 2 rings (SSSR count). The maximum Gasteiger partial charge on any atom is 0.270 e. The molecule has 0 saturated heterocycles. The van der Waals surface area contributed by atoms with Gasteiger partial charge < -0.3 is 9.47 Å². The summed E-state index contributed by atoms with van der Waals surface area (Å²) in [4.78, 5) is 10.2. The highest BCUT2D eigenvalue weighted by atomic mass is 127. The molecule has 6 heteroatoms. The number of rotatable bonds is 5. The van der Waals surface area contributed by atoms with Crippen LogP contribution in [-0.4, -0.2) is 12.0 Å². The van der Waals surface area contributed by atoms with E-state index in [2.05, 4.69) is 0 Å². The van der Waals surface area contributed by atoms with Crippen LogP contribution in [0.4, 0.5) is 5.69 Å². The summed E-state index contributed by atoms with van der Waals surface area (Å²) in [5.41, 5.74) is 1.06. The lowest BCUT2D eigenvalue weighted by Crippen LogP contribution is -1.98. The molecule has 0 heterocycles. The summed E-state index contributed by atoms with van der Waals surface area (Å²) >= 11 is 2.02. The summed E-state index contributed by atoms with van der Waals surface area (Å²) in [6.07, 6.45) is 0. The summed E-state index contributed by atoms with van der Waals surface area (Å²) in [6, 6.07) is 12.1. The smallest absolute Gasteiger partial charge is 0.270 e. The summed E-state index contributed by atoms with van der Waals surface area (Å²) in [5.74, 6) is 1.42. The van der Waals surface area contributed by atoms with Crippen LogP contribution in [0, 0.1) is 13.7 Å². The van der Waals surface area contributed by atoms with Crippen molar-refractivity contribution in [3.05, 3.63) is 61.7 Å². The van der Waals surface area contributed by atoms with Crippen LogP contribution in [0.5, 0.6) is 11.5 Å². The Morgan fingerprint density at radius 3 is 2.45 bits per heavy atom. The number of nitrogens with zero attached hydrogens (tertiary/aromatic N) is 1. The van der Waals surface area contributed by atoms with Crippen LogP contribution in [0.15, 0.2) is 42.5 Å². The summed E-state index contributed by atoms with van der Waals surface area (Å²) in [5, 5.41) is 10.7. The molecule has 0 N–H and O–H groups in total. The lowest BCUT2D eigenvalue weighted by atomic mass is 10.2. The molecule has 104 valence electrons. The van der Waals surface area contributed by atoms with Crippen molar-refractivity contribution in [2.75, 3.05) is 7.11 Å². The average molecular weight is 385 g/mol. The Kier molecular flexibility index (Phi) is 4.78. The zero-order chi connectivity index (χ0) is 14.5. The maximum atomic E-state index is 10.7. The highest BCUT2D eigenvalue weighted by Gasteiger charge is 2.09. The maximum absolute atomic E-state index is 10.7. The van der Waals surface area contributed by atoms with E-state index in [4.69, 9.17) is 9.47 Å². The second kappa shape index (κ2) is 6.56. The third-order valence-corrected chi connectivity index (χ3v) is 3.52. The van der Waals surface area contributed by atoms with Crippen LogP contribution >= 0.6 is 22.6 Å². The number of nitro benzene ring substituents is 1. The minimum Gasteiger partial charge on any atom is -0.497 e. The van der Waals surface area contributed by atoms with Crippen LogP contribution in [0.1, 0.15) is 5.56 Å². The van der Waals surface area contributed by atoms with Gasteiger partial charge in [-0.15, -0.1) is 0 Å². The van der Waals surface area contributed by atoms with Crippen molar-refractivity contribution in [1.29, 1.82) is 0 Å². The van der Waals surface area contributed by atoms with E-state index in [0.29, 0.717) is 15.9 Å². The number of ether oxygens (including phenoxy) is 2. The monoisotopic (exact) mass is 385 g/mol. The Morgan fingerprint density at radius 1 is 1.20 bits per heavy atom. The molecule has 0 spiro atoms. The fourth-order valence-corrected chi connectivity index (χ4v) is 2.26. The predicted octanol–water partition coefficient (Wildman–Crippen LogP) is 3.79. The summed E-state index contributed by atoms with van der Waals surface area (Å²) < 4.78 is 11.5. The Morgan fingerprint density at radius 2 is 1.90 bits per heavy atom. The minimum atomic E-state index is -0.421. The molecule has 0 fully saturated rings. The number of non-ortho nitro benzene ring substituents is 1. The SMILES string of the molecule is COc1ccc(COc2ccc([N+](=O)[O-])cc2I)cc1. The van der Waals surface area contributed by atoms with Gasteiger partial charge >= 0.3 is 0 Å². The Balaban J connectivity index is 2.04. The van der Waals surface area contributed by atoms with Crippen molar-refractivity contribution < 1.29 is 14.4 Å². The van der Waals surface area contributed by atoms with E-state index in [1.165, 1.54) is 12.1 Å². The third-order valence-electron chi connectivity index (χ3n) is 2.68. The molecule has 2 aromatic rings. The quantitative estimate of drug-likeness (QED) is 0.447. The molecule has 0 aliphatic rings. The third kappa shape index (κ3) is 3.60. The van der Waals surface area contributed by atoms with Gasteiger partial charge in [-0.25, -0.2) is 0 Å². The minimum absolute atomic E-state index is 0.0613. The first-order valence-electron chi connectivity index (χ1n) is 5.80. The number of hydrogen-bond acceptors (Lipinski definition) is 4. The first-order valence-corrected chi connectivity index (χ1v) is 6.87. The van der Waals surface area contributed by atoms with Gasteiger partial charge in [-0.2, -0.15) is 0 Å². The Hall–Kier alpha value is -1.83. The van der Waals surface area contributed by atoms with Crippen molar-refractivity contribution in [1.82, 2.24) is 0 Å². The number of hydrogen-bond donors (Lipinski definition) is 0. The van der Waals surface area contributed by atoms with Gasteiger partial charge in [0.05, 0.1) is 15.6 Å². The van der Waals surface area contributed by atoms with Crippen molar-refractivity contribution in [3.8, 4) is 11.5 Å². The molecule has 0 unspecified atom stereocenters. The average Bonchev–Trinajstić information content (AvgIpc) is 2.46. The van der Waals surface area contributed by atoms with Gasteiger partial charge in [0.1, 0.15) is 18.1 Å². The molecule has 0 saturated carbocycles. The molecular weight excluding hydrogens is 373 g/mol. The van der Waals surface area contributed by atoms with Gasteiger partial charge in [0.25, 0.3) is 5.69 Å². The highest BCUT2D eigenvalue weighted by molar-refractivity contribution is 14.1. The van der Waals surface area contributed by atoms with Gasteiger partial charge in [0, 0.05) is 12.1 Å². The molecule has 2 aromatic carbocycles. The first kappa shape index (κ1) is 14.6. The zero-order valence-corrected chi connectivity index (χ0v) is 12.9. The zero-order valence-electron chi connectivity index (χ0n) is 10.7. The number of nitro groups is 1. The molecule has 0 bridgehead atoms. The van der Waals surface area contributed by atoms with Crippen LogP contribution in [0.25, 0.3) is 0 Å². The van der Waals surface area contributed by atoms with E-state index >= 15 is 0 Å². The van der Waals surface area contributed by atoms with Gasteiger partial charge in [-0.1, -0.05) is 12.1 Å². The standard InChI is InChI=1S/C14H12INO4/c1-19-12-5-2-10(3-6-12)9-20-14-7-4-11(16(17)18)8-13(14)15/h2-8H,9H2,1H3. The van der Waals surface area contributed by atoms with Crippen LogP contribution in [0.3, 0.4) is 0 Å². The fourth-order valence-electron chi connectivity index (χ4n) is 1.60. The first-order chi connectivity index (χ1) is 9.60. The largest absolute Gasteiger partial charge is 0.497 e. The molecule has 0 amide bonds. The molecule has 0 aliphatic carbocycles. The van der Waals surface area contributed by atoms with E-state index in [0.717, 1.165) is 11.3 Å². The predicted molar refractivity (Wildman–Crippen MR) is 83.1 cm³/mol. The summed E-state index contributed by atoms with van der Waals surface area (Å²) in [6.45, 7) is 0.401. The Labute approximate surface area is 129 Å². The van der Waals surface area contributed by atoms with Crippen molar-refractivity contribution >= 4 is 28.3 Å². The molecule has 0 aromatic heterocycles. The number of methoxy groups -OCH3 is 1. The van der Waals surface area contributed by atoms with E-state index in [9.17, 15) is 10.1 Å².